The molecule has 0 N–H and O–H groups in total. The maximum Gasteiger partial charge on any atom is 0.302 e. The van der Waals surface area contributed by atoms with Crippen LogP contribution in [0.1, 0.15) is 41.0 Å². The molecular weight excluding hydrogens is 252 g/mol. The monoisotopic (exact) mass is 276 g/mol. The van der Waals surface area contributed by atoms with Gasteiger partial charge in [0.15, 0.2) is 0 Å². The number of allylic oxidation sites excluding steroid dienone is 1. The van der Waals surface area contributed by atoms with Crippen molar-refractivity contribution >= 4 is 11.8 Å². The van der Waals surface area contributed by atoms with Crippen LogP contribution in [-0.4, -0.2) is 17.9 Å². The molecule has 0 aromatic rings. The van der Waals surface area contributed by atoms with Crippen molar-refractivity contribution in [1.29, 1.82) is 0 Å². The third-order valence-corrected chi connectivity index (χ3v) is 5.93. The number of esters is 1. The summed E-state index contributed by atoms with van der Waals surface area (Å²) in [6, 6.07) is 0. The Kier molecular flexibility index (Phi) is 2.90. The first-order chi connectivity index (χ1) is 9.25. The highest BCUT2D eigenvalue weighted by molar-refractivity contribution is 5.92. The molecule has 3 nitrogen and oxygen atoms in total. The molecule has 0 saturated heterocycles. The van der Waals surface area contributed by atoms with Gasteiger partial charge in [0.25, 0.3) is 0 Å². The van der Waals surface area contributed by atoms with Crippen LogP contribution in [0.4, 0.5) is 0 Å². The normalized spacial score (nSPS) is 45.0. The average Bonchev–Trinajstić information content (AvgIpc) is 2.47. The largest absolute Gasteiger partial charge is 0.462 e. The number of carbonyl (C=O) groups excluding carboxylic acids is 2. The molecule has 0 aromatic heterocycles. The predicted octanol–water partition coefficient (Wildman–Crippen LogP) is 2.99. The van der Waals surface area contributed by atoms with E-state index >= 15 is 0 Å². The molecular formula is C17H24O3. The van der Waals surface area contributed by atoms with E-state index in [1.807, 2.05) is 0 Å². The quantitative estimate of drug-likeness (QED) is 0.546. The number of hydrogen-bond donors (Lipinski definition) is 0. The van der Waals surface area contributed by atoms with Crippen LogP contribution in [-0.2, 0) is 14.3 Å². The highest BCUT2D eigenvalue weighted by atomic mass is 16.5. The second-order valence-corrected chi connectivity index (χ2v) is 7.51. The molecule has 0 amide bonds. The van der Waals surface area contributed by atoms with E-state index in [1.165, 1.54) is 12.5 Å². The highest BCUT2D eigenvalue weighted by Crippen LogP contribution is 2.62. The Morgan fingerprint density at radius 1 is 1.40 bits per heavy atom. The summed E-state index contributed by atoms with van der Waals surface area (Å²) < 4.78 is 5.61. The number of rotatable bonds is 1. The zero-order valence-corrected chi connectivity index (χ0v) is 13.0. The lowest BCUT2D eigenvalue weighted by Gasteiger charge is -2.49. The first kappa shape index (κ1) is 13.8. The van der Waals surface area contributed by atoms with E-state index in [-0.39, 0.29) is 29.3 Å². The van der Waals surface area contributed by atoms with Crippen LogP contribution in [0, 0.1) is 35.0 Å². The zero-order chi connectivity index (χ0) is 14.8. The van der Waals surface area contributed by atoms with E-state index in [1.54, 1.807) is 0 Å². The Morgan fingerprint density at radius 2 is 2.05 bits per heavy atom. The number of Topliss-reactive ketones (excluding diaryl/α,β-unsaturated/α-hetero) is 1. The molecule has 3 rings (SSSR count). The minimum absolute atomic E-state index is 0.0638. The lowest BCUT2D eigenvalue weighted by atomic mass is 9.56. The van der Waals surface area contributed by atoms with Crippen LogP contribution in [0.2, 0.25) is 0 Å². The van der Waals surface area contributed by atoms with Crippen molar-refractivity contribution in [2.24, 2.45) is 35.0 Å². The summed E-state index contributed by atoms with van der Waals surface area (Å²) in [5, 5.41) is 0. The van der Waals surface area contributed by atoms with Crippen LogP contribution in [0.15, 0.2) is 11.6 Å². The van der Waals surface area contributed by atoms with Crippen LogP contribution in [0.3, 0.4) is 0 Å². The summed E-state index contributed by atoms with van der Waals surface area (Å²) in [7, 11) is 0. The van der Waals surface area contributed by atoms with Gasteiger partial charge in [0.2, 0.25) is 0 Å². The molecule has 0 aromatic carbocycles. The van der Waals surface area contributed by atoms with Gasteiger partial charge in [-0.3, -0.25) is 9.59 Å². The van der Waals surface area contributed by atoms with Gasteiger partial charge in [-0.15, -0.1) is 0 Å². The molecule has 3 heteroatoms. The van der Waals surface area contributed by atoms with Gasteiger partial charge in [-0.05, 0) is 31.1 Å². The third-order valence-electron chi connectivity index (χ3n) is 5.93. The number of ether oxygens (including phenoxy) is 1. The van der Waals surface area contributed by atoms with Gasteiger partial charge in [-0.2, -0.15) is 0 Å². The Hall–Kier alpha value is -1.12. The van der Waals surface area contributed by atoms with Crippen molar-refractivity contribution in [2.45, 2.75) is 47.1 Å². The third kappa shape index (κ3) is 1.64. The molecule has 3 aliphatic rings. The van der Waals surface area contributed by atoms with E-state index in [4.69, 9.17) is 4.74 Å². The predicted molar refractivity (Wildman–Crippen MR) is 75.8 cm³/mol. The van der Waals surface area contributed by atoms with Crippen molar-refractivity contribution in [3.8, 4) is 0 Å². The SMILES string of the molecule is CC(=O)O[C@@H]1C[C@H](C)[C@H]2[C@@H]3[C@@H]1C(C)=C[C@@H]2C(=O)C3(C)C. The molecule has 20 heavy (non-hydrogen) atoms. The van der Waals surface area contributed by atoms with Gasteiger partial charge in [-0.25, -0.2) is 0 Å². The highest BCUT2D eigenvalue weighted by Gasteiger charge is 2.64. The van der Waals surface area contributed by atoms with Crippen LogP contribution in [0.5, 0.6) is 0 Å². The Labute approximate surface area is 120 Å². The summed E-state index contributed by atoms with van der Waals surface area (Å²) in [6.07, 6.45) is 2.98. The van der Waals surface area contributed by atoms with E-state index in [2.05, 4.69) is 33.8 Å². The molecule has 0 aliphatic heterocycles. The lowest BCUT2D eigenvalue weighted by molar-refractivity contribution is -0.156. The summed E-state index contributed by atoms with van der Waals surface area (Å²) in [6.45, 7) is 9.94. The topological polar surface area (TPSA) is 43.4 Å². The maximum absolute atomic E-state index is 12.7. The van der Waals surface area contributed by atoms with Crippen LogP contribution < -0.4 is 0 Å². The van der Waals surface area contributed by atoms with E-state index in [0.29, 0.717) is 23.5 Å². The zero-order valence-electron chi connectivity index (χ0n) is 13.0. The van der Waals surface area contributed by atoms with E-state index in [9.17, 15) is 9.59 Å². The maximum atomic E-state index is 12.7. The second kappa shape index (κ2) is 4.19. The van der Waals surface area contributed by atoms with Gasteiger partial charge < -0.3 is 4.74 Å². The van der Waals surface area contributed by atoms with Crippen molar-refractivity contribution in [3.05, 3.63) is 11.6 Å². The molecule has 0 spiro atoms. The number of carbonyl (C=O) groups is 2. The fraction of sp³-hybridized carbons (Fsp3) is 0.765. The van der Waals surface area contributed by atoms with E-state index in [0.717, 1.165) is 6.42 Å². The fourth-order valence-corrected chi connectivity index (χ4v) is 5.26. The minimum Gasteiger partial charge on any atom is -0.462 e. The van der Waals surface area contributed by atoms with Gasteiger partial charge in [-0.1, -0.05) is 32.4 Å². The van der Waals surface area contributed by atoms with Crippen molar-refractivity contribution < 1.29 is 14.3 Å². The summed E-state index contributed by atoms with van der Waals surface area (Å²) in [4.78, 5) is 24.1. The van der Waals surface area contributed by atoms with Gasteiger partial charge in [0.1, 0.15) is 11.9 Å². The molecule has 2 fully saturated rings. The number of hydrogen-bond acceptors (Lipinski definition) is 3. The Bertz CT molecular complexity index is 502. The molecule has 4 bridgehead atoms. The summed E-state index contributed by atoms with van der Waals surface area (Å²) >= 11 is 0. The fourth-order valence-electron chi connectivity index (χ4n) is 5.26. The first-order valence-corrected chi connectivity index (χ1v) is 7.65. The molecule has 3 aliphatic carbocycles. The van der Waals surface area contributed by atoms with Gasteiger partial charge in [0, 0.05) is 24.2 Å². The Morgan fingerprint density at radius 3 is 2.65 bits per heavy atom. The van der Waals surface area contributed by atoms with E-state index < -0.39 is 0 Å². The van der Waals surface area contributed by atoms with Gasteiger partial charge in [0.05, 0.1) is 0 Å². The standard InChI is InChI=1S/C17H24O3/c1-8-6-11-13-9(2)7-12(20-10(3)18)14(8)15(13)17(4,5)16(11)19/h6,9,11-15H,7H2,1-5H3/t9-,11-,12+,13+,14+,15+/m0/s1. The summed E-state index contributed by atoms with van der Waals surface area (Å²) in [5.74, 6) is 1.65. The molecule has 0 radical (unpaired) electrons. The molecule has 110 valence electrons. The van der Waals surface area contributed by atoms with Crippen LogP contribution in [0.25, 0.3) is 0 Å². The van der Waals surface area contributed by atoms with Crippen LogP contribution >= 0.6 is 0 Å². The minimum atomic E-state index is -0.304. The lowest BCUT2D eigenvalue weighted by Crippen LogP contribution is -2.49. The molecule has 6 atom stereocenters. The van der Waals surface area contributed by atoms with Gasteiger partial charge >= 0.3 is 5.97 Å². The smallest absolute Gasteiger partial charge is 0.302 e. The number of ketones is 1. The molecule has 0 unspecified atom stereocenters. The van der Waals surface area contributed by atoms with Crippen molar-refractivity contribution in [3.63, 3.8) is 0 Å². The average molecular weight is 276 g/mol. The molecule has 2 saturated carbocycles. The van der Waals surface area contributed by atoms with Crippen molar-refractivity contribution in [2.75, 3.05) is 0 Å². The first-order valence-electron chi connectivity index (χ1n) is 7.65. The Balaban J connectivity index is 2.07. The summed E-state index contributed by atoms with van der Waals surface area (Å²) in [5.41, 5.74) is 0.940. The molecule has 0 heterocycles. The van der Waals surface area contributed by atoms with Crippen molar-refractivity contribution in [1.82, 2.24) is 0 Å². The second-order valence-electron chi connectivity index (χ2n) is 7.51.